The summed E-state index contributed by atoms with van der Waals surface area (Å²) in [5, 5.41) is 2.82. The summed E-state index contributed by atoms with van der Waals surface area (Å²) in [5.41, 5.74) is 1.05. The summed E-state index contributed by atoms with van der Waals surface area (Å²) >= 11 is 0. The quantitative estimate of drug-likeness (QED) is 0.872. The standard InChI is InChI=1S/C16H22FN3O3S/c17-14-3-1-13(2-4-14)11-19-6-8-20(9-7-19)16(21)18-15-5-10-24(22,23)12-15/h1-4,15H,5-12H2,(H,18,21). The molecule has 0 aliphatic carbocycles. The van der Waals surface area contributed by atoms with Gasteiger partial charge in [0.25, 0.3) is 0 Å². The molecule has 0 aromatic heterocycles. The molecule has 2 aliphatic rings. The van der Waals surface area contributed by atoms with Crippen LogP contribution in [0.4, 0.5) is 9.18 Å². The van der Waals surface area contributed by atoms with Crippen LogP contribution in [0.2, 0.25) is 0 Å². The van der Waals surface area contributed by atoms with Crippen LogP contribution in [0.3, 0.4) is 0 Å². The van der Waals surface area contributed by atoms with Crippen molar-refractivity contribution < 1.29 is 17.6 Å². The average molecular weight is 355 g/mol. The molecule has 3 rings (SSSR count). The highest BCUT2D eigenvalue weighted by atomic mass is 32.2. The lowest BCUT2D eigenvalue weighted by molar-refractivity contribution is 0.134. The topological polar surface area (TPSA) is 69.7 Å². The number of carbonyl (C=O) groups is 1. The molecule has 0 spiro atoms. The lowest BCUT2D eigenvalue weighted by Gasteiger charge is -2.35. The molecule has 1 unspecified atom stereocenters. The highest BCUT2D eigenvalue weighted by molar-refractivity contribution is 7.91. The smallest absolute Gasteiger partial charge is 0.317 e. The summed E-state index contributed by atoms with van der Waals surface area (Å²) in [6.45, 7) is 3.43. The van der Waals surface area contributed by atoms with E-state index >= 15 is 0 Å². The maximum absolute atomic E-state index is 12.9. The second-order valence-electron chi connectivity index (χ2n) is 6.44. The Morgan fingerprint density at radius 1 is 1.17 bits per heavy atom. The Hall–Kier alpha value is -1.67. The van der Waals surface area contributed by atoms with Crippen LogP contribution < -0.4 is 5.32 Å². The van der Waals surface area contributed by atoms with E-state index in [1.54, 1.807) is 17.0 Å². The molecule has 0 bridgehead atoms. The molecule has 6 nitrogen and oxygen atoms in total. The number of urea groups is 1. The van der Waals surface area contributed by atoms with Crippen LogP contribution in [0.1, 0.15) is 12.0 Å². The number of halogens is 1. The lowest BCUT2D eigenvalue weighted by Crippen LogP contribution is -2.53. The van der Waals surface area contributed by atoms with Gasteiger partial charge in [0.1, 0.15) is 5.82 Å². The van der Waals surface area contributed by atoms with E-state index in [2.05, 4.69) is 10.2 Å². The number of sulfone groups is 1. The van der Waals surface area contributed by atoms with Crippen LogP contribution in [0, 0.1) is 5.82 Å². The van der Waals surface area contributed by atoms with Crippen molar-refractivity contribution >= 4 is 15.9 Å². The Morgan fingerprint density at radius 2 is 1.83 bits per heavy atom. The van der Waals surface area contributed by atoms with Crippen LogP contribution >= 0.6 is 0 Å². The van der Waals surface area contributed by atoms with Gasteiger partial charge in [-0.25, -0.2) is 17.6 Å². The maximum Gasteiger partial charge on any atom is 0.317 e. The van der Waals surface area contributed by atoms with Crippen LogP contribution in [-0.2, 0) is 16.4 Å². The summed E-state index contributed by atoms with van der Waals surface area (Å²) < 4.78 is 35.8. The van der Waals surface area contributed by atoms with Crippen LogP contribution in [-0.4, -0.2) is 68.0 Å². The van der Waals surface area contributed by atoms with E-state index in [0.717, 1.165) is 25.2 Å². The van der Waals surface area contributed by atoms with Crippen LogP contribution in [0.15, 0.2) is 24.3 Å². The number of nitrogens with one attached hydrogen (secondary N) is 1. The van der Waals surface area contributed by atoms with Gasteiger partial charge >= 0.3 is 6.03 Å². The fourth-order valence-electron chi connectivity index (χ4n) is 3.13. The third kappa shape index (κ3) is 4.45. The molecule has 1 aromatic rings. The van der Waals surface area contributed by atoms with E-state index in [1.807, 2.05) is 0 Å². The fraction of sp³-hybridized carbons (Fsp3) is 0.562. The lowest BCUT2D eigenvalue weighted by atomic mass is 10.2. The van der Waals surface area contributed by atoms with Crippen molar-refractivity contribution in [2.45, 2.75) is 19.0 Å². The van der Waals surface area contributed by atoms with Gasteiger partial charge in [-0.1, -0.05) is 12.1 Å². The van der Waals surface area contributed by atoms with E-state index in [4.69, 9.17) is 0 Å². The van der Waals surface area contributed by atoms with Gasteiger partial charge in [0.2, 0.25) is 0 Å². The molecule has 2 amide bonds. The number of hydrogen-bond donors (Lipinski definition) is 1. The molecule has 1 atom stereocenters. The van der Waals surface area contributed by atoms with E-state index in [0.29, 0.717) is 19.5 Å². The molecule has 1 aromatic carbocycles. The van der Waals surface area contributed by atoms with Crippen molar-refractivity contribution in [2.75, 3.05) is 37.7 Å². The molecule has 2 fully saturated rings. The first-order valence-corrected chi connectivity index (χ1v) is 9.96. The highest BCUT2D eigenvalue weighted by Gasteiger charge is 2.30. The summed E-state index contributed by atoms with van der Waals surface area (Å²) in [5.74, 6) is -0.0405. The molecule has 24 heavy (non-hydrogen) atoms. The summed E-state index contributed by atoms with van der Waals surface area (Å²) in [4.78, 5) is 16.2. The van der Waals surface area contributed by atoms with Gasteiger partial charge in [0.15, 0.2) is 9.84 Å². The number of benzene rings is 1. The monoisotopic (exact) mass is 355 g/mol. The number of nitrogens with zero attached hydrogens (tertiary/aromatic N) is 2. The Balaban J connectivity index is 1.44. The Kier molecular flexibility index (Phi) is 5.05. The minimum atomic E-state index is -2.99. The van der Waals surface area contributed by atoms with Crippen LogP contribution in [0.5, 0.6) is 0 Å². The Bertz CT molecular complexity index is 685. The summed E-state index contributed by atoms with van der Waals surface area (Å²) in [6.07, 6.45) is 0.499. The minimum Gasteiger partial charge on any atom is -0.334 e. The highest BCUT2D eigenvalue weighted by Crippen LogP contribution is 2.13. The van der Waals surface area contributed by atoms with Crippen molar-refractivity contribution in [2.24, 2.45) is 0 Å². The normalized spacial score (nSPS) is 24.0. The first-order valence-electron chi connectivity index (χ1n) is 8.14. The molecule has 0 radical (unpaired) electrons. The second-order valence-corrected chi connectivity index (χ2v) is 8.67. The number of rotatable bonds is 3. The average Bonchev–Trinajstić information content (AvgIpc) is 2.89. The SMILES string of the molecule is O=C(NC1CCS(=O)(=O)C1)N1CCN(Cc2ccc(F)cc2)CC1. The van der Waals surface area contributed by atoms with Gasteiger partial charge in [-0.2, -0.15) is 0 Å². The second kappa shape index (κ2) is 7.06. The minimum absolute atomic E-state index is 0.0449. The Morgan fingerprint density at radius 3 is 2.42 bits per heavy atom. The third-order valence-electron chi connectivity index (χ3n) is 4.54. The van der Waals surface area contributed by atoms with E-state index in [9.17, 15) is 17.6 Å². The molecule has 2 aliphatic heterocycles. The Labute approximate surface area is 141 Å². The predicted octanol–water partition coefficient (Wildman–Crippen LogP) is 0.840. The molecule has 1 N–H and O–H groups in total. The number of carbonyl (C=O) groups excluding carboxylic acids is 1. The van der Waals surface area contributed by atoms with Crippen molar-refractivity contribution in [3.8, 4) is 0 Å². The molecular formula is C16H22FN3O3S. The van der Waals surface area contributed by atoms with Crippen molar-refractivity contribution in [3.05, 3.63) is 35.6 Å². The van der Waals surface area contributed by atoms with Crippen LogP contribution in [0.25, 0.3) is 0 Å². The number of piperazine rings is 1. The van der Waals surface area contributed by atoms with Gasteiger partial charge in [0.05, 0.1) is 11.5 Å². The maximum atomic E-state index is 12.9. The van der Waals surface area contributed by atoms with E-state index in [-0.39, 0.29) is 29.4 Å². The fourth-order valence-corrected chi connectivity index (χ4v) is 4.81. The van der Waals surface area contributed by atoms with Gasteiger partial charge in [0, 0.05) is 38.8 Å². The van der Waals surface area contributed by atoms with Gasteiger partial charge in [-0.15, -0.1) is 0 Å². The molecular weight excluding hydrogens is 333 g/mol. The molecule has 2 heterocycles. The van der Waals surface area contributed by atoms with Gasteiger partial charge < -0.3 is 10.2 Å². The molecule has 2 saturated heterocycles. The number of hydrogen-bond acceptors (Lipinski definition) is 4. The van der Waals surface area contributed by atoms with Crippen molar-refractivity contribution in [1.29, 1.82) is 0 Å². The first-order chi connectivity index (χ1) is 11.4. The zero-order valence-electron chi connectivity index (χ0n) is 13.4. The summed E-state index contributed by atoms with van der Waals surface area (Å²) in [6, 6.07) is 6.01. The third-order valence-corrected chi connectivity index (χ3v) is 6.31. The van der Waals surface area contributed by atoms with Gasteiger partial charge in [-0.3, -0.25) is 4.90 Å². The zero-order chi connectivity index (χ0) is 17.2. The molecule has 0 saturated carbocycles. The number of amides is 2. The largest absolute Gasteiger partial charge is 0.334 e. The molecule has 132 valence electrons. The van der Waals surface area contributed by atoms with Crippen molar-refractivity contribution in [1.82, 2.24) is 15.1 Å². The summed E-state index contributed by atoms with van der Waals surface area (Å²) in [7, 11) is -2.99. The zero-order valence-corrected chi connectivity index (χ0v) is 14.3. The van der Waals surface area contributed by atoms with E-state index in [1.165, 1.54) is 12.1 Å². The van der Waals surface area contributed by atoms with Crippen molar-refractivity contribution in [3.63, 3.8) is 0 Å². The first kappa shape index (κ1) is 17.2. The van der Waals surface area contributed by atoms with E-state index < -0.39 is 9.84 Å². The molecule has 8 heteroatoms. The predicted molar refractivity (Wildman–Crippen MR) is 88.8 cm³/mol. The van der Waals surface area contributed by atoms with Gasteiger partial charge in [-0.05, 0) is 24.1 Å².